The number of nitrogens with zero attached hydrogens (tertiary/aromatic N) is 4. The zero-order valence-corrected chi connectivity index (χ0v) is 20.9. The molecule has 1 saturated heterocycles. The number of fused-ring (bicyclic) bond motifs is 1. The van der Waals surface area contributed by atoms with Crippen molar-refractivity contribution in [2.75, 3.05) is 26.2 Å². The molecule has 9 heteroatoms. The zero-order valence-electron chi connectivity index (χ0n) is 20.9. The molecule has 2 fully saturated rings. The summed E-state index contributed by atoms with van der Waals surface area (Å²) in [7, 11) is 0. The van der Waals surface area contributed by atoms with Crippen LogP contribution < -0.4 is 4.74 Å². The largest absolute Gasteiger partial charge is 0.573 e. The Hall–Kier alpha value is -2.55. The first-order chi connectivity index (χ1) is 16.4. The molecule has 2 heterocycles. The highest BCUT2D eigenvalue weighted by molar-refractivity contribution is 5.92. The number of halogens is 3. The lowest BCUT2D eigenvalue weighted by Gasteiger charge is -2.27. The highest BCUT2D eigenvalue weighted by Gasteiger charge is 2.55. The lowest BCUT2D eigenvalue weighted by Crippen LogP contribution is -2.35. The van der Waals surface area contributed by atoms with Crippen LogP contribution in [0.3, 0.4) is 0 Å². The van der Waals surface area contributed by atoms with Crippen LogP contribution >= 0.6 is 0 Å². The molecule has 0 N–H and O–H groups in total. The van der Waals surface area contributed by atoms with Crippen LogP contribution in [0.15, 0.2) is 36.8 Å². The van der Waals surface area contributed by atoms with Crippen molar-refractivity contribution in [3.8, 4) is 5.75 Å². The van der Waals surface area contributed by atoms with Crippen LogP contribution in [0.5, 0.6) is 5.75 Å². The Bertz CT molecular complexity index is 1020. The number of likely N-dealkylation sites (tertiary alicyclic amines) is 1. The fourth-order valence-corrected chi connectivity index (χ4v) is 5.02. The van der Waals surface area contributed by atoms with Crippen LogP contribution in [-0.2, 0) is 13.1 Å². The van der Waals surface area contributed by atoms with Gasteiger partial charge in [-0.1, -0.05) is 32.9 Å². The maximum absolute atomic E-state index is 13.4. The smallest absolute Gasteiger partial charge is 0.406 e. The molecular weight excluding hydrogens is 457 g/mol. The maximum atomic E-state index is 13.4. The maximum Gasteiger partial charge on any atom is 0.573 e. The molecule has 0 bridgehead atoms. The van der Waals surface area contributed by atoms with Gasteiger partial charge < -0.3 is 19.1 Å². The van der Waals surface area contributed by atoms with Gasteiger partial charge in [-0.2, -0.15) is 0 Å². The molecule has 6 nitrogen and oxygen atoms in total. The molecule has 1 saturated carbocycles. The SMILES string of the molecule is CCn1cnc(C(=O)N(Cc2cccc(OC(F)(F)F)c2)CC2C3CN(CCC(C)(C)C)CC32)c1. The van der Waals surface area contributed by atoms with E-state index in [0.717, 1.165) is 26.1 Å². The number of benzene rings is 1. The molecule has 0 radical (unpaired) electrons. The molecule has 1 amide bonds. The van der Waals surface area contributed by atoms with Crippen molar-refractivity contribution in [3.63, 3.8) is 0 Å². The fraction of sp³-hybridized carbons (Fsp3) is 0.615. The summed E-state index contributed by atoms with van der Waals surface area (Å²) in [6.45, 7) is 13.4. The van der Waals surface area contributed by atoms with E-state index in [-0.39, 0.29) is 18.2 Å². The summed E-state index contributed by atoms with van der Waals surface area (Å²) in [5.41, 5.74) is 1.25. The molecule has 0 spiro atoms. The van der Waals surface area contributed by atoms with Gasteiger partial charge in [-0.15, -0.1) is 13.2 Å². The molecule has 1 aliphatic carbocycles. The van der Waals surface area contributed by atoms with Gasteiger partial charge in [0.25, 0.3) is 5.91 Å². The minimum Gasteiger partial charge on any atom is -0.406 e. The van der Waals surface area contributed by atoms with Crippen molar-refractivity contribution < 1.29 is 22.7 Å². The normalized spacial score (nSPS) is 22.2. The van der Waals surface area contributed by atoms with Gasteiger partial charge in [0.15, 0.2) is 0 Å². The van der Waals surface area contributed by atoms with E-state index in [2.05, 4.69) is 35.4 Å². The van der Waals surface area contributed by atoms with Gasteiger partial charge >= 0.3 is 6.36 Å². The molecule has 2 unspecified atom stereocenters. The van der Waals surface area contributed by atoms with Gasteiger partial charge in [0, 0.05) is 38.9 Å². The Kier molecular flexibility index (Phi) is 7.18. The first-order valence-corrected chi connectivity index (χ1v) is 12.3. The first kappa shape index (κ1) is 25.5. The third kappa shape index (κ3) is 6.78. The molecule has 1 aromatic heterocycles. The minimum atomic E-state index is -4.76. The van der Waals surface area contributed by atoms with E-state index in [1.165, 1.54) is 18.2 Å². The minimum absolute atomic E-state index is 0.200. The van der Waals surface area contributed by atoms with Gasteiger partial charge in [-0.3, -0.25) is 4.79 Å². The molecule has 192 valence electrons. The molecule has 1 aromatic carbocycles. The highest BCUT2D eigenvalue weighted by atomic mass is 19.4. The van der Waals surface area contributed by atoms with Crippen LogP contribution in [-0.4, -0.2) is 57.8 Å². The van der Waals surface area contributed by atoms with Crippen LogP contribution in [0.25, 0.3) is 0 Å². The molecule has 2 aromatic rings. The molecule has 2 aliphatic rings. The Balaban J connectivity index is 1.44. The average molecular weight is 493 g/mol. The number of imidazole rings is 1. The van der Waals surface area contributed by atoms with Gasteiger partial charge in [-0.05, 0) is 60.8 Å². The number of carbonyl (C=O) groups excluding carboxylic acids is 1. The second-order valence-electron chi connectivity index (χ2n) is 11.0. The third-order valence-electron chi connectivity index (χ3n) is 7.07. The predicted octanol–water partition coefficient (Wildman–Crippen LogP) is 5.06. The number of aromatic nitrogens is 2. The lowest BCUT2D eigenvalue weighted by molar-refractivity contribution is -0.274. The average Bonchev–Trinajstić information content (AvgIpc) is 3.14. The summed E-state index contributed by atoms with van der Waals surface area (Å²) in [6, 6.07) is 5.85. The Morgan fingerprint density at radius 3 is 2.51 bits per heavy atom. The topological polar surface area (TPSA) is 50.6 Å². The highest BCUT2D eigenvalue weighted by Crippen LogP contribution is 2.52. The number of rotatable bonds is 9. The van der Waals surface area contributed by atoms with Gasteiger partial charge in [0.2, 0.25) is 0 Å². The second-order valence-corrected chi connectivity index (χ2v) is 11.0. The predicted molar refractivity (Wildman–Crippen MR) is 127 cm³/mol. The Labute approximate surface area is 205 Å². The summed E-state index contributed by atoms with van der Waals surface area (Å²) >= 11 is 0. The van der Waals surface area contributed by atoms with Gasteiger partial charge in [0.1, 0.15) is 11.4 Å². The van der Waals surface area contributed by atoms with E-state index >= 15 is 0 Å². The summed E-state index contributed by atoms with van der Waals surface area (Å²) < 4.78 is 44.0. The van der Waals surface area contributed by atoms with Crippen molar-refractivity contribution in [2.45, 2.75) is 53.6 Å². The molecule has 4 rings (SSSR count). The summed E-state index contributed by atoms with van der Waals surface area (Å²) in [5.74, 6) is 1.06. The van der Waals surface area contributed by atoms with Gasteiger partial charge in [0.05, 0.1) is 6.33 Å². The van der Waals surface area contributed by atoms with E-state index in [4.69, 9.17) is 0 Å². The van der Waals surface area contributed by atoms with Crippen LogP contribution in [0.2, 0.25) is 0 Å². The first-order valence-electron chi connectivity index (χ1n) is 12.3. The fourth-order valence-electron chi connectivity index (χ4n) is 5.02. The number of alkyl halides is 3. The summed E-state index contributed by atoms with van der Waals surface area (Å²) in [6.07, 6.45) is -0.258. The number of hydrogen-bond acceptors (Lipinski definition) is 4. The number of ether oxygens (including phenoxy) is 1. The second kappa shape index (κ2) is 9.84. The lowest BCUT2D eigenvalue weighted by atomic mass is 9.92. The molecule has 2 atom stereocenters. The summed E-state index contributed by atoms with van der Waals surface area (Å²) in [4.78, 5) is 21.9. The van der Waals surface area contributed by atoms with Crippen LogP contribution in [0, 0.1) is 23.2 Å². The van der Waals surface area contributed by atoms with E-state index in [9.17, 15) is 18.0 Å². The zero-order chi connectivity index (χ0) is 25.4. The quantitative estimate of drug-likeness (QED) is 0.491. The Morgan fingerprint density at radius 1 is 1.20 bits per heavy atom. The Morgan fingerprint density at radius 2 is 1.91 bits per heavy atom. The van der Waals surface area contributed by atoms with Crippen molar-refractivity contribution in [1.29, 1.82) is 0 Å². The number of piperidine rings is 1. The van der Waals surface area contributed by atoms with Crippen molar-refractivity contribution in [3.05, 3.63) is 48.0 Å². The van der Waals surface area contributed by atoms with Crippen molar-refractivity contribution in [2.24, 2.45) is 23.2 Å². The molecular formula is C26H35F3N4O2. The third-order valence-corrected chi connectivity index (χ3v) is 7.07. The number of amides is 1. The molecule has 35 heavy (non-hydrogen) atoms. The van der Waals surface area contributed by atoms with Crippen LogP contribution in [0.1, 0.15) is 50.2 Å². The van der Waals surface area contributed by atoms with E-state index in [0.29, 0.717) is 47.5 Å². The van der Waals surface area contributed by atoms with E-state index in [1.54, 1.807) is 23.5 Å². The van der Waals surface area contributed by atoms with E-state index < -0.39 is 6.36 Å². The van der Waals surface area contributed by atoms with E-state index in [1.807, 2.05) is 11.5 Å². The number of hydrogen-bond donors (Lipinski definition) is 0. The van der Waals surface area contributed by atoms with Crippen molar-refractivity contribution >= 4 is 5.91 Å². The van der Waals surface area contributed by atoms with Crippen molar-refractivity contribution in [1.82, 2.24) is 19.4 Å². The molecule has 1 aliphatic heterocycles. The number of aryl methyl sites for hydroxylation is 1. The summed E-state index contributed by atoms with van der Waals surface area (Å²) in [5, 5.41) is 0. The monoisotopic (exact) mass is 492 g/mol. The van der Waals surface area contributed by atoms with Crippen LogP contribution in [0.4, 0.5) is 13.2 Å². The number of carbonyl (C=O) groups is 1. The standard InChI is InChI=1S/C26H35F3N4O2/c1-5-31-16-23(30-17-31)24(34)33(12-18-7-6-8-19(11-18)35-26(27,28)29)15-22-20-13-32(14-21(20)22)10-9-25(2,3)4/h6-8,11,16-17,20-22H,5,9-10,12-15H2,1-4H3. The van der Waals surface area contributed by atoms with Gasteiger partial charge in [-0.25, -0.2) is 4.98 Å².